The van der Waals surface area contributed by atoms with Crippen molar-refractivity contribution in [3.63, 3.8) is 0 Å². The third-order valence-electron chi connectivity index (χ3n) is 0. The molecule has 0 heterocycles. The molecule has 0 aliphatic rings. The molecule has 0 bridgehead atoms. The molecular formula is H15B4NO12. The summed E-state index contributed by atoms with van der Waals surface area (Å²) in [5, 5.41) is 86.0. The second-order valence-corrected chi connectivity index (χ2v) is 1.39. The summed E-state index contributed by atoms with van der Waals surface area (Å²) >= 11 is 0. The van der Waals surface area contributed by atoms with Crippen LogP contribution >= 0.6 is 0 Å². The quantitative estimate of drug-likeness (QED) is 0.181. The van der Waals surface area contributed by atoms with Crippen molar-refractivity contribution >= 4 is 29.3 Å². The molecule has 0 aliphatic carbocycles. The second kappa shape index (κ2) is 24.8. The van der Waals surface area contributed by atoms with Crippen molar-refractivity contribution in [2.75, 3.05) is 0 Å². The van der Waals surface area contributed by atoms with Crippen molar-refractivity contribution in [2.24, 2.45) is 0 Å². The lowest BCUT2D eigenvalue weighted by atomic mass is 10.3. The van der Waals surface area contributed by atoms with E-state index in [0.717, 1.165) is 0 Å². The molecule has 0 aliphatic heterocycles. The van der Waals surface area contributed by atoms with Gasteiger partial charge in [-0.25, -0.2) is 0 Å². The van der Waals surface area contributed by atoms with Gasteiger partial charge < -0.3 is 66.4 Å². The van der Waals surface area contributed by atoms with Crippen LogP contribution in [0.4, 0.5) is 0 Å². The van der Waals surface area contributed by atoms with Gasteiger partial charge in [0.05, 0.1) is 0 Å². The van der Waals surface area contributed by atoms with E-state index in [2.05, 4.69) is 0 Å². The third-order valence-corrected chi connectivity index (χ3v) is 0. The summed E-state index contributed by atoms with van der Waals surface area (Å²) < 4.78 is 0. The Kier molecular flexibility index (Phi) is 43.9. The van der Waals surface area contributed by atoms with E-state index in [1.165, 1.54) is 0 Å². The first-order valence-corrected chi connectivity index (χ1v) is 3.10. The van der Waals surface area contributed by atoms with E-state index >= 15 is 0 Å². The molecule has 0 fully saturated rings. The summed E-state index contributed by atoms with van der Waals surface area (Å²) in [6.07, 6.45) is 0. The Hall–Kier alpha value is -0.260. The number of hydrogen-bond donors (Lipinski definition) is 13. The molecule has 0 amide bonds. The maximum atomic E-state index is 7.17. The molecule has 0 aromatic heterocycles. The molecule has 0 unspecified atom stereocenters. The zero-order valence-corrected chi connectivity index (χ0v) is 8.38. The van der Waals surface area contributed by atoms with E-state index < -0.39 is 29.3 Å². The predicted molar refractivity (Wildman–Crippen MR) is 54.7 cm³/mol. The first-order valence-electron chi connectivity index (χ1n) is 3.10. The van der Waals surface area contributed by atoms with Crippen molar-refractivity contribution in [2.45, 2.75) is 0 Å². The average molecular weight is 264 g/mol. The number of hydrogen-bond acceptors (Lipinski definition) is 13. The maximum absolute atomic E-state index is 7.17. The molecule has 0 atom stereocenters. The van der Waals surface area contributed by atoms with Gasteiger partial charge in [-0.2, -0.15) is 0 Å². The number of rotatable bonds is 0. The van der Waals surface area contributed by atoms with Crippen LogP contribution in [-0.2, 0) is 0 Å². The van der Waals surface area contributed by atoms with Gasteiger partial charge in [-0.1, -0.05) is 0 Å². The molecule has 0 aromatic rings. The Morgan fingerprint density at radius 1 is 0.294 bits per heavy atom. The average Bonchev–Trinajstić information content (AvgIpc) is 1.76. The van der Waals surface area contributed by atoms with Gasteiger partial charge in [0, 0.05) is 0 Å². The van der Waals surface area contributed by atoms with Gasteiger partial charge in [-0.3, -0.25) is 0 Å². The largest absolute Gasteiger partial charge is 0.631 e. The standard InChI is InChI=1S/4BH3O3.H3N/c4*2-1(3)4;/h4*2-4H;1H3. The minimum absolute atomic E-state index is 0. The minimum atomic E-state index is -2.17. The zero-order chi connectivity index (χ0) is 14.3. The molecule has 0 saturated carbocycles. The summed E-state index contributed by atoms with van der Waals surface area (Å²) in [6, 6.07) is 0. The minimum Gasteiger partial charge on any atom is -0.402 e. The van der Waals surface area contributed by atoms with Crippen LogP contribution in [0.25, 0.3) is 0 Å². The van der Waals surface area contributed by atoms with Crippen molar-refractivity contribution < 1.29 is 60.3 Å². The normalized spacial score (nSPS) is 6.35. The van der Waals surface area contributed by atoms with Crippen molar-refractivity contribution in [3.8, 4) is 0 Å². The lowest BCUT2D eigenvalue weighted by molar-refractivity contribution is 0.276. The molecule has 0 aromatic carbocycles. The molecule has 0 radical (unpaired) electrons. The van der Waals surface area contributed by atoms with E-state index in [1.54, 1.807) is 0 Å². The summed E-state index contributed by atoms with van der Waals surface area (Å²) in [5.41, 5.74) is 0. The van der Waals surface area contributed by atoms with Gasteiger partial charge in [0.1, 0.15) is 0 Å². The molecule has 17 heteroatoms. The van der Waals surface area contributed by atoms with E-state index in [1.807, 2.05) is 0 Å². The first-order chi connectivity index (χ1) is 6.93. The zero-order valence-electron chi connectivity index (χ0n) is 8.38. The Bertz CT molecular complexity index is 61.5. The fraction of sp³-hybridized carbons (Fsp3) is 0. The van der Waals surface area contributed by atoms with Crippen LogP contribution in [0, 0.1) is 0 Å². The van der Waals surface area contributed by atoms with Gasteiger partial charge in [-0.15, -0.1) is 0 Å². The topological polar surface area (TPSA) is 278 Å². The van der Waals surface area contributed by atoms with Crippen LogP contribution < -0.4 is 6.15 Å². The van der Waals surface area contributed by atoms with Gasteiger partial charge in [0.25, 0.3) is 0 Å². The van der Waals surface area contributed by atoms with Crippen LogP contribution in [0.15, 0.2) is 0 Å². The molecule has 104 valence electrons. The molecule has 0 rings (SSSR count). The molecule has 13 nitrogen and oxygen atoms in total. The predicted octanol–water partition coefficient (Wildman–Crippen LogP) is -8.05. The van der Waals surface area contributed by atoms with Gasteiger partial charge >= 0.3 is 29.3 Å². The summed E-state index contributed by atoms with van der Waals surface area (Å²) in [6.45, 7) is 0. The summed E-state index contributed by atoms with van der Waals surface area (Å²) in [7, 11) is -8.67. The Balaban J connectivity index is -0.0000000369. The van der Waals surface area contributed by atoms with Gasteiger partial charge in [0.15, 0.2) is 0 Å². The fourth-order valence-corrected chi connectivity index (χ4v) is 0. The van der Waals surface area contributed by atoms with E-state index in [9.17, 15) is 0 Å². The molecule has 0 spiro atoms. The molecule has 15 N–H and O–H groups in total. The summed E-state index contributed by atoms with van der Waals surface area (Å²) in [4.78, 5) is 0. The smallest absolute Gasteiger partial charge is 0.402 e. The molecule has 0 saturated heterocycles. The Morgan fingerprint density at radius 2 is 0.294 bits per heavy atom. The fourth-order valence-electron chi connectivity index (χ4n) is 0. The highest BCUT2D eigenvalue weighted by atomic mass is 16.5. The monoisotopic (exact) mass is 265 g/mol. The van der Waals surface area contributed by atoms with Crippen LogP contribution in [-0.4, -0.2) is 89.6 Å². The van der Waals surface area contributed by atoms with Crippen LogP contribution in [0.2, 0.25) is 0 Å². The van der Waals surface area contributed by atoms with Crippen molar-refractivity contribution in [1.29, 1.82) is 0 Å². The van der Waals surface area contributed by atoms with Crippen molar-refractivity contribution in [3.05, 3.63) is 0 Å². The third kappa shape index (κ3) is 43900. The molecule has 17 heavy (non-hydrogen) atoms. The van der Waals surface area contributed by atoms with Gasteiger partial charge in [-0.05, 0) is 0 Å². The van der Waals surface area contributed by atoms with Crippen LogP contribution in [0.3, 0.4) is 0 Å². The van der Waals surface area contributed by atoms with Gasteiger partial charge in [0.2, 0.25) is 0 Å². The summed E-state index contributed by atoms with van der Waals surface area (Å²) in [5.74, 6) is 0. The second-order valence-electron chi connectivity index (χ2n) is 1.39. The van der Waals surface area contributed by atoms with Crippen LogP contribution in [0.1, 0.15) is 0 Å². The lowest BCUT2D eigenvalue weighted by Crippen LogP contribution is -2.07. The molecular weight excluding hydrogens is 249 g/mol. The first kappa shape index (κ1) is 30.1. The highest BCUT2D eigenvalue weighted by Crippen LogP contribution is 1.41. The lowest BCUT2D eigenvalue weighted by Gasteiger charge is -1.69. The Morgan fingerprint density at radius 3 is 0.294 bits per heavy atom. The van der Waals surface area contributed by atoms with E-state index in [0.29, 0.717) is 0 Å². The highest BCUT2D eigenvalue weighted by Gasteiger charge is 1.93. The SMILES string of the molecule is N.OB(O)O.OB(O)O.OB(O)O.OB(O)O. The highest BCUT2D eigenvalue weighted by molar-refractivity contribution is 6.31. The maximum Gasteiger partial charge on any atom is 0.631 e. The van der Waals surface area contributed by atoms with E-state index in [-0.39, 0.29) is 6.15 Å². The Labute approximate surface area is 96.8 Å². The van der Waals surface area contributed by atoms with Crippen molar-refractivity contribution in [1.82, 2.24) is 6.15 Å². The van der Waals surface area contributed by atoms with E-state index in [4.69, 9.17) is 60.3 Å². The van der Waals surface area contributed by atoms with Crippen LogP contribution in [0.5, 0.6) is 0 Å².